The van der Waals surface area contributed by atoms with Crippen LogP contribution in [0.25, 0.3) is 5.57 Å². The summed E-state index contributed by atoms with van der Waals surface area (Å²) >= 11 is 3.48. The van der Waals surface area contributed by atoms with E-state index in [1.807, 2.05) is 24.3 Å². The number of nitrogens with two attached hydrogens (primary N) is 1. The largest absolute Gasteiger partial charge is 0.469 e. The van der Waals surface area contributed by atoms with E-state index in [1.54, 1.807) is 6.92 Å². The summed E-state index contributed by atoms with van der Waals surface area (Å²) in [6.45, 7) is 1.55. The molecule has 0 aliphatic carbocycles. The fourth-order valence-electron chi connectivity index (χ4n) is 3.33. The molecule has 148 valence electrons. The van der Waals surface area contributed by atoms with Crippen molar-refractivity contribution in [2.45, 2.75) is 38.1 Å². The maximum absolute atomic E-state index is 13.0. The van der Waals surface area contributed by atoms with Gasteiger partial charge in [0.1, 0.15) is 5.76 Å². The van der Waals surface area contributed by atoms with Crippen molar-refractivity contribution in [1.82, 2.24) is 0 Å². The summed E-state index contributed by atoms with van der Waals surface area (Å²) < 4.78 is 45.6. The summed E-state index contributed by atoms with van der Waals surface area (Å²) in [6, 6.07) is 12.4. The first-order valence-electron chi connectivity index (χ1n) is 8.76. The van der Waals surface area contributed by atoms with Gasteiger partial charge in [-0.25, -0.2) is 0 Å². The fourth-order valence-corrected chi connectivity index (χ4v) is 3.82. The van der Waals surface area contributed by atoms with Crippen molar-refractivity contribution in [3.8, 4) is 0 Å². The maximum atomic E-state index is 13.0. The third kappa shape index (κ3) is 4.15. The average molecular weight is 454 g/mol. The predicted octanol–water partition coefficient (Wildman–Crippen LogP) is 5.48. The highest BCUT2D eigenvalue weighted by Gasteiger charge is 2.45. The number of hydrogen-bond acceptors (Lipinski definition) is 3. The lowest BCUT2D eigenvalue weighted by molar-refractivity contribution is -0.137. The van der Waals surface area contributed by atoms with Crippen LogP contribution in [0.15, 0.2) is 58.8 Å². The van der Waals surface area contributed by atoms with E-state index in [9.17, 15) is 18.0 Å². The molecule has 3 nitrogen and oxygen atoms in total. The lowest BCUT2D eigenvalue weighted by atomic mass is 9.92. The highest BCUT2D eigenvalue weighted by atomic mass is 79.9. The van der Waals surface area contributed by atoms with Crippen LogP contribution >= 0.6 is 15.9 Å². The summed E-state index contributed by atoms with van der Waals surface area (Å²) in [7, 11) is 0. The van der Waals surface area contributed by atoms with Gasteiger partial charge in [-0.3, -0.25) is 10.5 Å². The quantitative estimate of drug-likeness (QED) is 0.652. The summed E-state index contributed by atoms with van der Waals surface area (Å²) in [4.78, 5) is 12.9. The Kier molecular flexibility index (Phi) is 5.68. The van der Waals surface area contributed by atoms with E-state index in [0.29, 0.717) is 12.8 Å². The Balaban J connectivity index is 1.76. The van der Waals surface area contributed by atoms with Crippen molar-refractivity contribution in [2.24, 2.45) is 5.73 Å². The van der Waals surface area contributed by atoms with E-state index in [-0.39, 0.29) is 23.3 Å². The van der Waals surface area contributed by atoms with Gasteiger partial charge in [-0.05, 0) is 49.1 Å². The first kappa shape index (κ1) is 20.6. The van der Waals surface area contributed by atoms with Crippen LogP contribution in [0.4, 0.5) is 13.2 Å². The Morgan fingerprint density at radius 1 is 1.14 bits per heavy atom. The van der Waals surface area contributed by atoms with Gasteiger partial charge in [0, 0.05) is 10.9 Å². The molecule has 2 N–H and O–H groups in total. The second-order valence-corrected chi connectivity index (χ2v) is 7.63. The molecule has 2 aromatic rings. The number of allylic oxidation sites excluding steroid dienone is 1. The minimum absolute atomic E-state index is 0.106. The van der Waals surface area contributed by atoms with Crippen LogP contribution in [0.2, 0.25) is 0 Å². The molecule has 0 saturated heterocycles. The zero-order valence-corrected chi connectivity index (χ0v) is 16.7. The Bertz CT molecular complexity index is 939. The van der Waals surface area contributed by atoms with Crippen molar-refractivity contribution in [3.05, 3.63) is 75.5 Å². The molecule has 1 aliphatic heterocycles. The molecule has 3 rings (SSSR count). The van der Waals surface area contributed by atoms with Crippen LogP contribution in [0, 0.1) is 0 Å². The van der Waals surface area contributed by atoms with Crippen LogP contribution in [-0.2, 0) is 22.1 Å². The molecular weight excluding hydrogens is 435 g/mol. The molecule has 0 amide bonds. The monoisotopic (exact) mass is 453 g/mol. The smallest absolute Gasteiger partial charge is 0.416 e. The van der Waals surface area contributed by atoms with Crippen molar-refractivity contribution < 1.29 is 22.7 Å². The molecule has 2 aromatic carbocycles. The molecule has 7 heteroatoms. The number of benzene rings is 2. The Labute approximate surface area is 169 Å². The highest BCUT2D eigenvalue weighted by Crippen LogP contribution is 2.38. The van der Waals surface area contributed by atoms with Crippen LogP contribution in [0.3, 0.4) is 0 Å². The summed E-state index contributed by atoms with van der Waals surface area (Å²) in [5, 5.41) is 0. The molecule has 1 unspecified atom stereocenters. The SMILES string of the molecule is CC1=C(c2cccc(C(F)(F)F)c2)C(=O)C(N)(CCCc2ccccc2Br)O1. The van der Waals surface area contributed by atoms with Crippen LogP contribution < -0.4 is 5.73 Å². The molecule has 0 saturated carbocycles. The van der Waals surface area contributed by atoms with E-state index in [1.165, 1.54) is 12.1 Å². The van der Waals surface area contributed by atoms with Crippen LogP contribution in [-0.4, -0.2) is 11.5 Å². The van der Waals surface area contributed by atoms with Crippen molar-refractivity contribution >= 4 is 27.3 Å². The lowest BCUT2D eigenvalue weighted by Gasteiger charge is -2.23. The van der Waals surface area contributed by atoms with Gasteiger partial charge in [-0.1, -0.05) is 46.3 Å². The van der Waals surface area contributed by atoms with Gasteiger partial charge in [0.2, 0.25) is 11.5 Å². The summed E-state index contributed by atoms with van der Waals surface area (Å²) in [5.41, 5.74) is 5.17. The Hall–Kier alpha value is -2.12. The first-order chi connectivity index (χ1) is 13.1. The second kappa shape index (κ2) is 7.72. The summed E-state index contributed by atoms with van der Waals surface area (Å²) in [6.07, 6.45) is -2.95. The average Bonchev–Trinajstić information content (AvgIpc) is 2.85. The molecule has 1 aliphatic rings. The van der Waals surface area contributed by atoms with Gasteiger partial charge in [0.15, 0.2) is 0 Å². The predicted molar refractivity (Wildman–Crippen MR) is 104 cm³/mol. The second-order valence-electron chi connectivity index (χ2n) is 6.78. The van der Waals surface area contributed by atoms with Crippen LogP contribution in [0.1, 0.15) is 36.5 Å². The van der Waals surface area contributed by atoms with E-state index >= 15 is 0 Å². The van der Waals surface area contributed by atoms with E-state index < -0.39 is 23.2 Å². The number of rotatable bonds is 5. The number of carbonyl (C=O) groups is 1. The molecule has 0 radical (unpaired) electrons. The van der Waals surface area contributed by atoms with Crippen molar-refractivity contribution in [3.63, 3.8) is 0 Å². The number of halogens is 4. The minimum Gasteiger partial charge on any atom is -0.469 e. The van der Waals surface area contributed by atoms with Crippen molar-refractivity contribution in [1.29, 1.82) is 0 Å². The highest BCUT2D eigenvalue weighted by molar-refractivity contribution is 9.10. The standard InChI is InChI=1S/C21H19BrF3NO2/c1-13-18(15-7-4-9-16(12-15)21(23,24)25)19(27)20(26,28-13)11-5-8-14-6-2-3-10-17(14)22/h2-4,6-7,9-10,12H,5,8,11,26H2,1H3. The zero-order chi connectivity index (χ0) is 20.5. The number of ketones is 1. The number of alkyl halides is 3. The molecule has 28 heavy (non-hydrogen) atoms. The number of aryl methyl sites for hydroxylation is 1. The number of Topliss-reactive ketones (excluding diaryl/α,β-unsaturated/α-hetero) is 1. The van der Waals surface area contributed by atoms with Gasteiger partial charge >= 0.3 is 6.18 Å². The molecule has 0 fully saturated rings. The zero-order valence-electron chi connectivity index (χ0n) is 15.1. The maximum Gasteiger partial charge on any atom is 0.416 e. The number of hydrogen-bond donors (Lipinski definition) is 1. The Morgan fingerprint density at radius 2 is 1.86 bits per heavy atom. The molecule has 0 bridgehead atoms. The third-order valence-electron chi connectivity index (χ3n) is 4.73. The van der Waals surface area contributed by atoms with E-state index in [4.69, 9.17) is 10.5 Å². The molecule has 1 heterocycles. The molecular formula is C21H19BrF3NO2. The normalized spacial score (nSPS) is 19.9. The van der Waals surface area contributed by atoms with Gasteiger partial charge in [0.05, 0.1) is 11.1 Å². The van der Waals surface area contributed by atoms with E-state index in [0.717, 1.165) is 22.2 Å². The Morgan fingerprint density at radius 3 is 2.54 bits per heavy atom. The summed E-state index contributed by atoms with van der Waals surface area (Å²) in [5.74, 6) is -0.246. The fraction of sp³-hybridized carbons (Fsp3) is 0.286. The topological polar surface area (TPSA) is 52.3 Å². The molecule has 1 atom stereocenters. The van der Waals surface area contributed by atoms with Gasteiger partial charge in [-0.15, -0.1) is 0 Å². The minimum atomic E-state index is -4.49. The van der Waals surface area contributed by atoms with Crippen LogP contribution in [0.5, 0.6) is 0 Å². The first-order valence-corrected chi connectivity index (χ1v) is 9.56. The molecule has 0 spiro atoms. The van der Waals surface area contributed by atoms with E-state index in [2.05, 4.69) is 15.9 Å². The number of carbonyl (C=O) groups excluding carboxylic acids is 1. The van der Waals surface area contributed by atoms with Crippen molar-refractivity contribution in [2.75, 3.05) is 0 Å². The third-order valence-corrected chi connectivity index (χ3v) is 5.50. The van der Waals surface area contributed by atoms with Gasteiger partial charge in [-0.2, -0.15) is 13.2 Å². The lowest BCUT2D eigenvalue weighted by Crippen LogP contribution is -2.47. The molecule has 0 aromatic heterocycles. The van der Waals surface area contributed by atoms with Gasteiger partial charge in [0.25, 0.3) is 0 Å². The van der Waals surface area contributed by atoms with Gasteiger partial charge < -0.3 is 4.74 Å². The number of ether oxygens (including phenoxy) is 1.